The minimum atomic E-state index is 0.458. The summed E-state index contributed by atoms with van der Waals surface area (Å²) in [6.45, 7) is 1.93. The highest BCUT2D eigenvalue weighted by Crippen LogP contribution is 2.14. The molecule has 0 amide bonds. The van der Waals surface area contributed by atoms with Crippen molar-refractivity contribution in [1.29, 1.82) is 0 Å². The highest BCUT2D eigenvalue weighted by Gasteiger charge is 1.98. The molecular weight excluding hydrogens is 188 g/mol. The molecule has 0 bridgehead atoms. The molecule has 2 aromatic rings. The van der Waals surface area contributed by atoms with Crippen LogP contribution >= 0.6 is 0 Å². The molecule has 0 fully saturated rings. The van der Waals surface area contributed by atoms with Crippen LogP contribution in [0.1, 0.15) is 17.8 Å². The van der Waals surface area contributed by atoms with Crippen LogP contribution in [0.2, 0.25) is 0 Å². The zero-order valence-corrected chi connectivity index (χ0v) is 8.53. The summed E-state index contributed by atoms with van der Waals surface area (Å²) in [5.41, 5.74) is 3.08. The Morgan fingerprint density at radius 2 is 2.33 bits per heavy atom. The number of aldehydes is 1. The number of hydrogen-bond acceptors (Lipinski definition) is 2. The van der Waals surface area contributed by atoms with Crippen molar-refractivity contribution < 1.29 is 4.79 Å². The Bertz CT molecular complexity index is 511. The topological polar surface area (TPSA) is 45.8 Å². The summed E-state index contributed by atoms with van der Waals surface area (Å²) < 4.78 is 0. The minimum Gasteiger partial charge on any atom is -0.342 e. The third kappa shape index (κ3) is 2.13. The maximum absolute atomic E-state index is 10.1. The Labute approximate surface area is 87.8 Å². The van der Waals surface area contributed by atoms with Gasteiger partial charge in [0.15, 0.2) is 0 Å². The van der Waals surface area contributed by atoms with Crippen molar-refractivity contribution >= 4 is 23.4 Å². The third-order valence-electron chi connectivity index (χ3n) is 2.17. The first-order valence-corrected chi connectivity index (χ1v) is 4.86. The molecule has 0 saturated carbocycles. The van der Waals surface area contributed by atoms with Crippen LogP contribution in [0.5, 0.6) is 0 Å². The number of allylic oxidation sites excluding steroid dienone is 1. The first kappa shape index (κ1) is 9.65. The van der Waals surface area contributed by atoms with Gasteiger partial charge in [-0.15, -0.1) is 0 Å². The molecule has 1 heterocycles. The number of imidazole rings is 1. The molecule has 1 aromatic carbocycles. The van der Waals surface area contributed by atoms with E-state index in [1.54, 1.807) is 0 Å². The van der Waals surface area contributed by atoms with Crippen LogP contribution in [0.4, 0.5) is 0 Å². The molecule has 0 atom stereocenters. The first-order valence-electron chi connectivity index (χ1n) is 4.86. The molecule has 1 N–H and O–H groups in total. The van der Waals surface area contributed by atoms with Gasteiger partial charge in [0.2, 0.25) is 0 Å². The van der Waals surface area contributed by atoms with E-state index in [0.717, 1.165) is 28.7 Å². The average molecular weight is 200 g/mol. The van der Waals surface area contributed by atoms with Gasteiger partial charge in [-0.2, -0.15) is 0 Å². The molecule has 0 radical (unpaired) electrons. The lowest BCUT2D eigenvalue weighted by Gasteiger charge is -1.92. The van der Waals surface area contributed by atoms with Gasteiger partial charge in [0.1, 0.15) is 12.1 Å². The minimum absolute atomic E-state index is 0.458. The summed E-state index contributed by atoms with van der Waals surface area (Å²) in [5, 5.41) is 0. The van der Waals surface area contributed by atoms with Gasteiger partial charge < -0.3 is 9.78 Å². The van der Waals surface area contributed by atoms with E-state index in [-0.39, 0.29) is 0 Å². The van der Waals surface area contributed by atoms with Crippen molar-refractivity contribution in [3.8, 4) is 0 Å². The molecule has 2 rings (SSSR count). The Balaban J connectivity index is 2.33. The van der Waals surface area contributed by atoms with Gasteiger partial charge in [-0.1, -0.05) is 18.2 Å². The van der Waals surface area contributed by atoms with Crippen LogP contribution in [0.25, 0.3) is 17.1 Å². The first-order chi connectivity index (χ1) is 7.29. The third-order valence-corrected chi connectivity index (χ3v) is 2.17. The van der Waals surface area contributed by atoms with Gasteiger partial charge in [0.05, 0.1) is 11.0 Å². The van der Waals surface area contributed by atoms with Crippen LogP contribution in [0.15, 0.2) is 24.3 Å². The Kier molecular flexibility index (Phi) is 2.63. The quantitative estimate of drug-likeness (QED) is 0.773. The zero-order chi connectivity index (χ0) is 10.7. The second-order valence-corrected chi connectivity index (χ2v) is 3.40. The zero-order valence-electron chi connectivity index (χ0n) is 8.53. The molecule has 1 aromatic heterocycles. The van der Waals surface area contributed by atoms with Crippen LogP contribution in [0.3, 0.4) is 0 Å². The fourth-order valence-corrected chi connectivity index (χ4v) is 1.52. The predicted molar refractivity (Wildman–Crippen MR) is 60.5 cm³/mol. The Morgan fingerprint density at radius 3 is 3.13 bits per heavy atom. The number of aromatic nitrogens is 2. The van der Waals surface area contributed by atoms with E-state index in [1.807, 2.05) is 37.3 Å². The van der Waals surface area contributed by atoms with Crippen molar-refractivity contribution in [2.45, 2.75) is 13.3 Å². The van der Waals surface area contributed by atoms with E-state index < -0.39 is 0 Å². The van der Waals surface area contributed by atoms with Crippen molar-refractivity contribution in [3.63, 3.8) is 0 Å². The van der Waals surface area contributed by atoms with Crippen molar-refractivity contribution in [1.82, 2.24) is 9.97 Å². The molecule has 15 heavy (non-hydrogen) atoms. The summed E-state index contributed by atoms with van der Waals surface area (Å²) in [4.78, 5) is 17.6. The van der Waals surface area contributed by atoms with Gasteiger partial charge in [-0.05, 0) is 24.6 Å². The molecule has 0 aliphatic carbocycles. The van der Waals surface area contributed by atoms with Crippen LogP contribution < -0.4 is 0 Å². The number of rotatable bonds is 3. The van der Waals surface area contributed by atoms with E-state index in [9.17, 15) is 4.79 Å². The van der Waals surface area contributed by atoms with E-state index in [1.165, 1.54) is 0 Å². The molecule has 0 spiro atoms. The number of carbonyl (C=O) groups is 1. The SMILES string of the molecule is Cc1nc2ccc(C=CCC=O)cc2[nH]1. The number of nitrogens with one attached hydrogen (secondary N) is 1. The maximum atomic E-state index is 10.1. The fourth-order valence-electron chi connectivity index (χ4n) is 1.52. The number of aryl methyl sites for hydroxylation is 1. The van der Waals surface area contributed by atoms with E-state index >= 15 is 0 Å². The van der Waals surface area contributed by atoms with E-state index in [2.05, 4.69) is 9.97 Å². The summed E-state index contributed by atoms with van der Waals surface area (Å²) in [6, 6.07) is 5.99. The highest BCUT2D eigenvalue weighted by molar-refractivity contribution is 5.78. The van der Waals surface area contributed by atoms with Crippen LogP contribution in [-0.4, -0.2) is 16.3 Å². The standard InChI is InChI=1S/C12H12N2O/c1-9-13-11-6-5-10(4-2-3-7-15)8-12(11)14-9/h2,4-8H,3H2,1H3,(H,13,14). The number of aromatic amines is 1. The van der Waals surface area contributed by atoms with Gasteiger partial charge in [-0.25, -0.2) is 4.98 Å². The van der Waals surface area contributed by atoms with Crippen molar-refractivity contribution in [3.05, 3.63) is 35.7 Å². The van der Waals surface area contributed by atoms with Crippen LogP contribution in [0, 0.1) is 6.92 Å². The molecule has 0 aliphatic rings. The normalized spacial score (nSPS) is 11.3. The lowest BCUT2D eigenvalue weighted by atomic mass is 10.2. The molecule has 0 saturated heterocycles. The Morgan fingerprint density at radius 1 is 1.47 bits per heavy atom. The van der Waals surface area contributed by atoms with E-state index in [4.69, 9.17) is 0 Å². The second-order valence-electron chi connectivity index (χ2n) is 3.40. The monoisotopic (exact) mass is 200 g/mol. The van der Waals surface area contributed by atoms with Gasteiger partial charge in [-0.3, -0.25) is 0 Å². The number of benzene rings is 1. The van der Waals surface area contributed by atoms with Crippen molar-refractivity contribution in [2.24, 2.45) is 0 Å². The molecule has 76 valence electrons. The summed E-state index contributed by atoms with van der Waals surface area (Å²) >= 11 is 0. The molecule has 3 nitrogen and oxygen atoms in total. The number of H-pyrrole nitrogens is 1. The lowest BCUT2D eigenvalue weighted by Crippen LogP contribution is -1.74. The molecular formula is C12H12N2O. The largest absolute Gasteiger partial charge is 0.342 e. The smallest absolute Gasteiger partial charge is 0.123 e. The molecule has 0 unspecified atom stereocenters. The second kappa shape index (κ2) is 4.09. The van der Waals surface area contributed by atoms with Gasteiger partial charge >= 0.3 is 0 Å². The maximum Gasteiger partial charge on any atom is 0.123 e. The van der Waals surface area contributed by atoms with Gasteiger partial charge in [0, 0.05) is 6.42 Å². The molecule has 0 aliphatic heterocycles. The lowest BCUT2D eigenvalue weighted by molar-refractivity contribution is -0.107. The highest BCUT2D eigenvalue weighted by atomic mass is 16.1. The van der Waals surface area contributed by atoms with Gasteiger partial charge in [0.25, 0.3) is 0 Å². The predicted octanol–water partition coefficient (Wildman–Crippen LogP) is 2.47. The van der Waals surface area contributed by atoms with Crippen molar-refractivity contribution in [2.75, 3.05) is 0 Å². The fraction of sp³-hybridized carbons (Fsp3) is 0.167. The summed E-state index contributed by atoms with van der Waals surface area (Å²) in [7, 11) is 0. The number of nitrogens with zero attached hydrogens (tertiary/aromatic N) is 1. The summed E-state index contributed by atoms with van der Waals surface area (Å²) in [5.74, 6) is 0.916. The van der Waals surface area contributed by atoms with E-state index in [0.29, 0.717) is 6.42 Å². The number of fused-ring (bicyclic) bond motifs is 1. The van der Waals surface area contributed by atoms with Crippen LogP contribution in [-0.2, 0) is 4.79 Å². The molecule has 3 heteroatoms. The average Bonchev–Trinajstić information content (AvgIpc) is 2.57. The number of hydrogen-bond donors (Lipinski definition) is 1. The summed E-state index contributed by atoms with van der Waals surface area (Å²) in [6.07, 6.45) is 5.12. The number of carbonyl (C=O) groups excluding carboxylic acids is 1. The Hall–Kier alpha value is -1.90.